The molecule has 2 fully saturated rings. The van der Waals surface area contributed by atoms with Gasteiger partial charge in [0.05, 0.1) is 34.2 Å². The van der Waals surface area contributed by atoms with Crippen LogP contribution in [-0.4, -0.2) is 92.5 Å². The molecule has 0 bridgehead atoms. The number of hydrogen-bond donors (Lipinski definition) is 5. The van der Waals surface area contributed by atoms with E-state index >= 15 is 0 Å². The molecule has 0 atom stereocenters. The lowest BCUT2D eigenvalue weighted by Gasteiger charge is -2.18. The molecule has 0 radical (unpaired) electrons. The van der Waals surface area contributed by atoms with E-state index in [4.69, 9.17) is 21.6 Å². The Kier molecular flexibility index (Phi) is 9.99. The van der Waals surface area contributed by atoms with Crippen molar-refractivity contribution in [1.29, 1.82) is 0 Å². The maximum Gasteiger partial charge on any atom is 0.307 e. The first-order valence-electron chi connectivity index (χ1n) is 16.5. The molecule has 0 aromatic carbocycles. The van der Waals surface area contributed by atoms with E-state index in [1.807, 2.05) is 6.07 Å². The van der Waals surface area contributed by atoms with E-state index in [-0.39, 0.29) is 21.5 Å². The molecule has 2 aliphatic rings. The second-order valence-electron chi connectivity index (χ2n) is 12.0. The Bertz CT molecular complexity index is 2580. The number of rotatable bonds is 10. The Morgan fingerprint density at radius 2 is 1.39 bits per heavy atom. The maximum atomic E-state index is 11.5. The van der Waals surface area contributed by atoms with Gasteiger partial charge in [0.2, 0.25) is 11.8 Å². The molecule has 2 saturated carbocycles. The molecule has 16 nitrogen and oxygen atoms in total. The summed E-state index contributed by atoms with van der Waals surface area (Å²) in [7, 11) is 0. The molecule has 5 N–H and O–H groups in total. The number of aromatic amines is 2. The predicted molar refractivity (Wildman–Crippen MR) is 195 cm³/mol. The van der Waals surface area contributed by atoms with Crippen LogP contribution in [0.1, 0.15) is 49.3 Å². The van der Waals surface area contributed by atoms with Crippen LogP contribution in [0.3, 0.4) is 0 Å². The normalized spacial score (nSPS) is 16.2. The van der Waals surface area contributed by atoms with Crippen molar-refractivity contribution in [1.82, 2.24) is 44.1 Å². The highest BCUT2D eigenvalue weighted by atomic mass is 35.5. The van der Waals surface area contributed by atoms with Crippen molar-refractivity contribution in [2.24, 2.45) is 9.98 Å². The fraction of sp³-hybridized carbons (Fsp3) is 0.375. The number of aromatic hydroxyl groups is 2. The van der Waals surface area contributed by atoms with Gasteiger partial charge in [0.25, 0.3) is 0 Å². The maximum absolute atomic E-state index is 11.5. The Hall–Kier alpha value is -4.91. The van der Waals surface area contributed by atoms with Crippen molar-refractivity contribution in [2.75, 3.05) is 31.5 Å². The van der Waals surface area contributed by atoms with Crippen molar-refractivity contribution >= 4 is 63.5 Å². The van der Waals surface area contributed by atoms with Crippen LogP contribution in [-0.2, 0) is 0 Å². The van der Waals surface area contributed by atoms with Gasteiger partial charge >= 0.3 is 9.75 Å². The van der Waals surface area contributed by atoms with Crippen LogP contribution in [0.25, 0.3) is 23.4 Å². The van der Waals surface area contributed by atoms with E-state index in [0.717, 1.165) is 91.1 Å². The molecule has 0 amide bonds. The van der Waals surface area contributed by atoms with Crippen molar-refractivity contribution in [3.63, 3.8) is 0 Å². The lowest BCUT2D eigenvalue weighted by molar-refractivity contribution is 0.316. The van der Waals surface area contributed by atoms with Gasteiger partial charge < -0.3 is 20.4 Å². The molecule has 0 aliphatic heterocycles. The van der Waals surface area contributed by atoms with Crippen molar-refractivity contribution in [3.8, 4) is 11.8 Å². The first kappa shape index (κ1) is 34.5. The number of thiazole rings is 2. The Balaban J connectivity index is 0.000000165. The van der Waals surface area contributed by atoms with Crippen LogP contribution in [0.2, 0.25) is 5.15 Å². The smallest absolute Gasteiger partial charge is 0.307 e. The molecule has 0 spiro atoms. The van der Waals surface area contributed by atoms with Crippen LogP contribution >= 0.6 is 34.3 Å². The number of nitrogens with one attached hydrogen (secondary N) is 3. The van der Waals surface area contributed by atoms with Crippen LogP contribution < -0.4 is 36.5 Å². The minimum Gasteiger partial charge on any atom is -0.493 e. The zero-order valence-electron chi connectivity index (χ0n) is 27.7. The first-order valence-corrected chi connectivity index (χ1v) is 18.5. The summed E-state index contributed by atoms with van der Waals surface area (Å²) in [4.78, 5) is 48.3. The van der Waals surface area contributed by atoms with Crippen molar-refractivity contribution in [2.45, 2.75) is 51.6 Å². The highest BCUT2D eigenvalue weighted by molar-refractivity contribution is 7.10. The number of likely N-dealkylation sites (N-methyl/N-ethyl adjacent to an activating group) is 1. The van der Waals surface area contributed by atoms with Crippen LogP contribution in [0.5, 0.6) is 11.8 Å². The average molecular weight is 751 g/mol. The Labute approximate surface area is 301 Å². The molecule has 6 aromatic heterocycles. The van der Waals surface area contributed by atoms with Gasteiger partial charge in [-0.25, -0.2) is 9.97 Å². The Morgan fingerprint density at radius 3 is 1.86 bits per heavy atom. The summed E-state index contributed by atoms with van der Waals surface area (Å²) in [5, 5.41) is 33.4. The summed E-state index contributed by atoms with van der Waals surface area (Å²) in [6.07, 6.45) is 11.0. The summed E-state index contributed by atoms with van der Waals surface area (Å²) < 4.78 is 3.33. The average Bonchev–Trinajstić information content (AvgIpc) is 3.95. The van der Waals surface area contributed by atoms with Gasteiger partial charge in [-0.2, -0.15) is 19.2 Å². The molecule has 6 heterocycles. The molecule has 6 aromatic rings. The van der Waals surface area contributed by atoms with Gasteiger partial charge in [-0.3, -0.25) is 29.5 Å². The second-order valence-corrected chi connectivity index (χ2v) is 14.4. The van der Waals surface area contributed by atoms with Crippen molar-refractivity contribution in [3.05, 3.63) is 80.2 Å². The zero-order valence-corrected chi connectivity index (χ0v) is 30.1. The van der Waals surface area contributed by atoms with Gasteiger partial charge in [-0.05, 0) is 50.9 Å². The fourth-order valence-electron chi connectivity index (χ4n) is 5.18. The van der Waals surface area contributed by atoms with Crippen molar-refractivity contribution < 1.29 is 10.2 Å². The van der Waals surface area contributed by atoms with Gasteiger partial charge in [0.15, 0.2) is 22.3 Å². The minimum absolute atomic E-state index is 0.143. The van der Waals surface area contributed by atoms with Crippen LogP contribution in [0, 0.1) is 0 Å². The number of fused-ring (bicyclic) bond motifs is 2. The summed E-state index contributed by atoms with van der Waals surface area (Å²) in [5.74, 6) is 0.431. The van der Waals surface area contributed by atoms with Gasteiger partial charge in [-0.1, -0.05) is 48.1 Å². The van der Waals surface area contributed by atoms with Gasteiger partial charge in [0.1, 0.15) is 11.0 Å². The third-order valence-corrected chi connectivity index (χ3v) is 10.00. The topological polar surface area (TPSA) is 207 Å². The summed E-state index contributed by atoms with van der Waals surface area (Å²) in [6, 6.07) is 4.28. The summed E-state index contributed by atoms with van der Waals surface area (Å²) in [6.45, 7) is 8.04. The number of H-pyrrole nitrogens is 2. The van der Waals surface area contributed by atoms with E-state index in [2.05, 4.69) is 54.2 Å². The molecule has 19 heteroatoms. The lowest BCUT2D eigenvalue weighted by Crippen LogP contribution is -2.29. The number of aromatic nitrogens is 8. The SMILES string of the molecule is CCN(CC)CCNc1cc(=NC2CC2)n2ncc(=Cc3sc(=O)[nH]c3O)c2n1.O=c1[nH]c(O)c(C=c2cnn3c(=NC4CC4)cc(Cl)nc23)s1. The fourth-order valence-corrected chi connectivity index (χ4v) is 6.72. The van der Waals surface area contributed by atoms with E-state index < -0.39 is 0 Å². The molecule has 51 heavy (non-hydrogen) atoms. The van der Waals surface area contributed by atoms with Gasteiger partial charge in [-0.15, -0.1) is 0 Å². The van der Waals surface area contributed by atoms with E-state index in [9.17, 15) is 19.8 Å². The number of nitrogens with zero attached hydrogens (tertiary/aromatic N) is 9. The minimum atomic E-state index is -0.323. The number of hydrogen-bond acceptors (Lipinski definition) is 14. The largest absolute Gasteiger partial charge is 0.493 e. The predicted octanol–water partition coefficient (Wildman–Crippen LogP) is 0.998. The quantitative estimate of drug-likeness (QED) is 0.126. The standard InChI is InChI=1S/C19H25N7O2S.C13H10ClN5O2S/c1-3-25(4-2)8-7-20-15-10-16(22-13-5-6-13)26-17(23-15)12(11-21-26)9-14-18(27)24-19(28)29-14;14-9-4-10(16-7-1-2-7)19-11(17-9)6(5-15-19)3-8-12(20)18-13(21)22-8/h9-11,13,20,27H,3-8H2,1-2H3,(H,24,28);3-5,7,20H,1-2H2,(H,18,21). The van der Waals surface area contributed by atoms with E-state index in [1.165, 1.54) is 0 Å². The number of anilines is 1. The summed E-state index contributed by atoms with van der Waals surface area (Å²) in [5.41, 5.74) is 2.59. The molecular weight excluding hydrogens is 716 g/mol. The van der Waals surface area contributed by atoms with Crippen LogP contribution in [0.15, 0.2) is 44.1 Å². The number of halogens is 1. The monoisotopic (exact) mass is 750 g/mol. The molecule has 0 saturated heterocycles. The van der Waals surface area contributed by atoms with E-state index in [0.29, 0.717) is 49.0 Å². The highest BCUT2D eigenvalue weighted by Gasteiger charge is 2.21. The van der Waals surface area contributed by atoms with Gasteiger partial charge in [0, 0.05) is 35.7 Å². The van der Waals surface area contributed by atoms with Crippen LogP contribution in [0.4, 0.5) is 5.82 Å². The van der Waals surface area contributed by atoms with E-state index in [1.54, 1.807) is 39.6 Å². The third kappa shape index (κ3) is 8.19. The Morgan fingerprint density at radius 1 is 0.882 bits per heavy atom. The first-order chi connectivity index (χ1) is 24.7. The molecule has 266 valence electrons. The highest BCUT2D eigenvalue weighted by Crippen LogP contribution is 2.23. The molecule has 0 unspecified atom stereocenters. The molecule has 2 aliphatic carbocycles. The lowest BCUT2D eigenvalue weighted by atomic mass is 10.3. The second kappa shape index (κ2) is 14.7. The zero-order chi connectivity index (χ0) is 35.6. The molecular formula is C32H35ClN12O4S2. The summed E-state index contributed by atoms with van der Waals surface area (Å²) >= 11 is 7.92. The molecule has 8 rings (SSSR count). The third-order valence-electron chi connectivity index (χ3n) is 8.17.